The average molecular weight is 326 g/mol. The van der Waals surface area contributed by atoms with Gasteiger partial charge in [-0.2, -0.15) is 4.98 Å². The van der Waals surface area contributed by atoms with Crippen LogP contribution < -0.4 is 5.73 Å². The Kier molecular flexibility index (Phi) is 3.23. The van der Waals surface area contributed by atoms with E-state index in [0.717, 1.165) is 4.88 Å². The van der Waals surface area contributed by atoms with E-state index in [1.165, 1.54) is 17.4 Å². The van der Waals surface area contributed by atoms with Gasteiger partial charge < -0.3 is 10.3 Å². The molecule has 0 saturated heterocycles. The Morgan fingerprint density at radius 1 is 1.22 bits per heavy atom. The molecule has 0 fully saturated rings. The van der Waals surface area contributed by atoms with E-state index in [0.29, 0.717) is 29.0 Å². The molecule has 0 radical (unpaired) electrons. The third-order valence-corrected chi connectivity index (χ3v) is 4.23. The highest BCUT2D eigenvalue weighted by Gasteiger charge is 2.15. The molecule has 4 rings (SSSR count). The van der Waals surface area contributed by atoms with Gasteiger partial charge in [-0.25, -0.2) is 14.4 Å². The fourth-order valence-electron chi connectivity index (χ4n) is 2.39. The second-order valence-corrected chi connectivity index (χ2v) is 5.82. The van der Waals surface area contributed by atoms with E-state index in [4.69, 9.17) is 5.73 Å². The largest absolute Gasteiger partial charge is 0.368 e. The van der Waals surface area contributed by atoms with Crippen LogP contribution in [-0.2, 0) is 6.54 Å². The summed E-state index contributed by atoms with van der Waals surface area (Å²) in [7, 11) is 0. The highest BCUT2D eigenvalue weighted by Crippen LogP contribution is 2.28. The molecule has 8 heteroatoms. The minimum absolute atomic E-state index is 0.149. The first kappa shape index (κ1) is 13.8. The number of anilines is 1. The van der Waals surface area contributed by atoms with Gasteiger partial charge in [-0.15, -0.1) is 11.3 Å². The smallest absolute Gasteiger partial charge is 0.222 e. The molecule has 3 heterocycles. The van der Waals surface area contributed by atoms with Gasteiger partial charge in [0.15, 0.2) is 5.65 Å². The summed E-state index contributed by atoms with van der Waals surface area (Å²) in [5.74, 6) is -0.116. The molecule has 6 nitrogen and oxygen atoms in total. The van der Waals surface area contributed by atoms with Crippen LogP contribution in [0.5, 0.6) is 0 Å². The van der Waals surface area contributed by atoms with E-state index < -0.39 is 0 Å². The Labute approximate surface area is 134 Å². The fourth-order valence-corrected chi connectivity index (χ4v) is 3.00. The predicted octanol–water partition coefficient (Wildman–Crippen LogP) is 2.72. The van der Waals surface area contributed by atoms with Crippen LogP contribution in [0.1, 0.15) is 5.56 Å². The minimum atomic E-state index is -0.265. The number of aromatic nitrogens is 5. The average Bonchev–Trinajstić information content (AvgIpc) is 3.19. The molecule has 0 saturated carbocycles. The van der Waals surface area contributed by atoms with Crippen LogP contribution in [0.25, 0.3) is 21.7 Å². The van der Waals surface area contributed by atoms with Crippen LogP contribution in [-0.4, -0.2) is 24.5 Å². The van der Waals surface area contributed by atoms with Crippen LogP contribution >= 0.6 is 11.3 Å². The number of rotatable bonds is 3. The minimum Gasteiger partial charge on any atom is -0.368 e. The van der Waals surface area contributed by atoms with Crippen molar-refractivity contribution in [2.45, 2.75) is 6.54 Å². The number of nitrogens with zero attached hydrogens (tertiary/aromatic N) is 5. The highest BCUT2D eigenvalue weighted by molar-refractivity contribution is 7.13. The van der Waals surface area contributed by atoms with Crippen LogP contribution in [0.2, 0.25) is 0 Å². The number of hydrogen-bond donors (Lipinski definition) is 1. The summed E-state index contributed by atoms with van der Waals surface area (Å²) < 4.78 is 15.6. The summed E-state index contributed by atoms with van der Waals surface area (Å²) in [5.41, 5.74) is 9.94. The molecule has 0 aliphatic heterocycles. The van der Waals surface area contributed by atoms with Crippen molar-refractivity contribution < 1.29 is 4.39 Å². The van der Waals surface area contributed by atoms with Gasteiger partial charge in [0.05, 0.1) is 23.3 Å². The number of nitrogen functional groups attached to an aromatic ring is 1. The normalized spacial score (nSPS) is 11.2. The van der Waals surface area contributed by atoms with Crippen LogP contribution in [0, 0.1) is 5.82 Å². The molecule has 0 atom stereocenters. The quantitative estimate of drug-likeness (QED) is 0.626. The molecule has 114 valence electrons. The number of imidazole rings is 1. The molecule has 0 amide bonds. The molecule has 1 aromatic carbocycles. The summed E-state index contributed by atoms with van der Waals surface area (Å²) >= 11 is 1.45. The van der Waals surface area contributed by atoms with Crippen LogP contribution in [0.3, 0.4) is 0 Å². The maximum Gasteiger partial charge on any atom is 0.222 e. The number of hydrogen-bond acceptors (Lipinski definition) is 6. The van der Waals surface area contributed by atoms with Crippen molar-refractivity contribution in [2.75, 3.05) is 5.73 Å². The van der Waals surface area contributed by atoms with E-state index in [2.05, 4.69) is 19.9 Å². The molecule has 3 aromatic heterocycles. The monoisotopic (exact) mass is 326 g/mol. The van der Waals surface area contributed by atoms with Gasteiger partial charge in [-0.1, -0.05) is 18.2 Å². The molecular formula is C15H11FN6S. The Balaban J connectivity index is 1.85. The third kappa shape index (κ3) is 2.42. The van der Waals surface area contributed by atoms with Gasteiger partial charge in [0.2, 0.25) is 5.95 Å². The van der Waals surface area contributed by atoms with Crippen molar-refractivity contribution in [3.63, 3.8) is 0 Å². The van der Waals surface area contributed by atoms with Crippen molar-refractivity contribution in [2.24, 2.45) is 0 Å². The second kappa shape index (κ2) is 5.40. The predicted molar refractivity (Wildman–Crippen MR) is 86.3 cm³/mol. The SMILES string of the molecule is Nc1nc(-c2cncs2)c2ncn(Cc3ccccc3F)c2n1. The summed E-state index contributed by atoms with van der Waals surface area (Å²) in [6.45, 7) is 0.321. The van der Waals surface area contributed by atoms with E-state index in [9.17, 15) is 4.39 Å². The maximum absolute atomic E-state index is 13.9. The lowest BCUT2D eigenvalue weighted by atomic mass is 10.2. The summed E-state index contributed by atoms with van der Waals surface area (Å²) in [6, 6.07) is 6.62. The molecule has 23 heavy (non-hydrogen) atoms. The number of fused-ring (bicyclic) bond motifs is 1. The first-order valence-corrected chi connectivity index (χ1v) is 7.71. The standard InChI is InChI=1S/C15H11FN6S/c16-10-4-2-1-3-9(10)6-22-7-19-13-12(11-5-18-8-23-11)20-15(17)21-14(13)22/h1-5,7-8H,6H2,(H2,17,20,21). The Morgan fingerprint density at radius 3 is 2.87 bits per heavy atom. The fraction of sp³-hybridized carbons (Fsp3) is 0.0667. The summed E-state index contributed by atoms with van der Waals surface area (Å²) in [5, 5.41) is 0. The topological polar surface area (TPSA) is 82.5 Å². The number of thiazole rings is 1. The first-order chi connectivity index (χ1) is 11.2. The van der Waals surface area contributed by atoms with Gasteiger partial charge >= 0.3 is 0 Å². The van der Waals surface area contributed by atoms with Crippen LogP contribution in [0.15, 0.2) is 42.3 Å². The Bertz CT molecular complexity index is 979. The van der Waals surface area contributed by atoms with Crippen molar-refractivity contribution in [3.8, 4) is 10.6 Å². The number of halogens is 1. The van der Waals surface area contributed by atoms with E-state index in [-0.39, 0.29) is 11.8 Å². The molecular weight excluding hydrogens is 315 g/mol. The summed E-state index contributed by atoms with van der Waals surface area (Å²) in [6.07, 6.45) is 3.33. The van der Waals surface area contributed by atoms with E-state index in [1.54, 1.807) is 40.8 Å². The van der Waals surface area contributed by atoms with Crippen molar-refractivity contribution in [3.05, 3.63) is 53.7 Å². The highest BCUT2D eigenvalue weighted by atomic mass is 32.1. The molecule has 0 aliphatic carbocycles. The lowest BCUT2D eigenvalue weighted by Crippen LogP contribution is -2.04. The van der Waals surface area contributed by atoms with Crippen LogP contribution in [0.4, 0.5) is 10.3 Å². The lowest BCUT2D eigenvalue weighted by molar-refractivity contribution is 0.601. The van der Waals surface area contributed by atoms with E-state index in [1.807, 2.05) is 0 Å². The van der Waals surface area contributed by atoms with Crippen molar-refractivity contribution in [1.29, 1.82) is 0 Å². The molecule has 0 unspecified atom stereocenters. The molecule has 0 aliphatic rings. The Morgan fingerprint density at radius 2 is 2.09 bits per heavy atom. The van der Waals surface area contributed by atoms with Crippen molar-refractivity contribution in [1.82, 2.24) is 24.5 Å². The third-order valence-electron chi connectivity index (χ3n) is 3.45. The van der Waals surface area contributed by atoms with Gasteiger partial charge in [0, 0.05) is 11.8 Å². The lowest BCUT2D eigenvalue weighted by Gasteiger charge is -2.06. The zero-order chi connectivity index (χ0) is 15.8. The zero-order valence-electron chi connectivity index (χ0n) is 11.8. The summed E-state index contributed by atoms with van der Waals surface area (Å²) in [4.78, 5) is 17.8. The van der Waals surface area contributed by atoms with Gasteiger partial charge in [0.25, 0.3) is 0 Å². The Hall–Kier alpha value is -2.87. The van der Waals surface area contributed by atoms with Gasteiger partial charge in [0.1, 0.15) is 17.0 Å². The van der Waals surface area contributed by atoms with E-state index >= 15 is 0 Å². The molecule has 4 aromatic rings. The second-order valence-electron chi connectivity index (χ2n) is 4.93. The van der Waals surface area contributed by atoms with Gasteiger partial charge in [-0.05, 0) is 6.07 Å². The number of benzene rings is 1. The van der Waals surface area contributed by atoms with Crippen molar-refractivity contribution >= 4 is 28.4 Å². The molecule has 2 N–H and O–H groups in total. The molecule has 0 bridgehead atoms. The molecule has 0 spiro atoms. The first-order valence-electron chi connectivity index (χ1n) is 6.83. The number of nitrogens with two attached hydrogens (primary N) is 1. The maximum atomic E-state index is 13.9. The zero-order valence-corrected chi connectivity index (χ0v) is 12.7. The van der Waals surface area contributed by atoms with Gasteiger partial charge in [-0.3, -0.25) is 4.98 Å².